The molecule has 1 N–H and O–H groups in total. The van der Waals surface area contributed by atoms with Crippen molar-refractivity contribution in [1.82, 2.24) is 5.43 Å². The summed E-state index contributed by atoms with van der Waals surface area (Å²) >= 11 is 1.60. The van der Waals surface area contributed by atoms with E-state index >= 15 is 0 Å². The summed E-state index contributed by atoms with van der Waals surface area (Å²) in [6.07, 6.45) is 8.31. The number of methoxy groups -OCH3 is 1. The quantitative estimate of drug-likeness (QED) is 0.348. The first-order valence-corrected chi connectivity index (χ1v) is 11.2. The van der Waals surface area contributed by atoms with E-state index < -0.39 is 0 Å². The third-order valence-corrected chi connectivity index (χ3v) is 6.54. The molecule has 0 unspecified atom stereocenters. The normalized spacial score (nSPS) is 15.9. The molecule has 1 aromatic carbocycles. The molecule has 2 aromatic rings. The lowest BCUT2D eigenvalue weighted by Crippen LogP contribution is -2.16. The minimum Gasteiger partial charge on any atom is -0.493 e. The molecule has 0 bridgehead atoms. The highest BCUT2D eigenvalue weighted by Crippen LogP contribution is 2.33. The number of hydrogen-bond acceptors (Lipinski definition) is 5. The van der Waals surface area contributed by atoms with E-state index in [1.807, 2.05) is 24.3 Å². The van der Waals surface area contributed by atoms with Crippen molar-refractivity contribution >= 4 is 23.5 Å². The standard InChI is InChI=1S/C23H30N2O3S/c1-4-6-11-28-19-9-7-17(13-20(19)27-3)15-24-25-23(26)22-14-18-12-16(5-2)8-10-21(18)29-22/h7,9,13-16H,4-6,8,10-12H2,1-3H3,(H,25,26)/b24-15-/t16-/m1/s1. The van der Waals surface area contributed by atoms with Crippen molar-refractivity contribution in [2.24, 2.45) is 11.0 Å². The van der Waals surface area contributed by atoms with Gasteiger partial charge in [0.2, 0.25) is 0 Å². The molecule has 1 atom stereocenters. The first-order chi connectivity index (χ1) is 14.1. The smallest absolute Gasteiger partial charge is 0.281 e. The van der Waals surface area contributed by atoms with Gasteiger partial charge in [0.1, 0.15) is 0 Å². The van der Waals surface area contributed by atoms with Crippen molar-refractivity contribution in [3.8, 4) is 11.5 Å². The molecule has 0 fully saturated rings. The summed E-state index contributed by atoms with van der Waals surface area (Å²) < 4.78 is 11.1. The number of carbonyl (C=O) groups excluding carboxylic acids is 1. The molecule has 0 aliphatic heterocycles. The Hall–Kier alpha value is -2.34. The van der Waals surface area contributed by atoms with E-state index in [2.05, 4.69) is 24.4 Å². The summed E-state index contributed by atoms with van der Waals surface area (Å²) in [6, 6.07) is 7.66. The van der Waals surface area contributed by atoms with E-state index in [1.165, 1.54) is 23.3 Å². The van der Waals surface area contributed by atoms with Gasteiger partial charge in [-0.25, -0.2) is 5.43 Å². The molecule has 6 heteroatoms. The highest BCUT2D eigenvalue weighted by molar-refractivity contribution is 7.14. The number of carbonyl (C=O) groups is 1. The maximum Gasteiger partial charge on any atom is 0.281 e. The van der Waals surface area contributed by atoms with Gasteiger partial charge in [-0.1, -0.05) is 26.7 Å². The Morgan fingerprint density at radius 1 is 1.31 bits per heavy atom. The van der Waals surface area contributed by atoms with Gasteiger partial charge in [0.05, 0.1) is 24.8 Å². The largest absolute Gasteiger partial charge is 0.493 e. The zero-order valence-corrected chi connectivity index (χ0v) is 18.3. The van der Waals surface area contributed by atoms with Gasteiger partial charge in [0.15, 0.2) is 11.5 Å². The molecule has 156 valence electrons. The fourth-order valence-corrected chi connectivity index (χ4v) is 4.59. The SMILES string of the molecule is CCCCOc1ccc(/C=N\NC(=O)c2cc3c(s2)CC[C@@H](CC)C3)cc1OC. The molecule has 0 saturated carbocycles. The topological polar surface area (TPSA) is 59.9 Å². The highest BCUT2D eigenvalue weighted by atomic mass is 32.1. The molecular weight excluding hydrogens is 384 g/mol. The second-order valence-electron chi connectivity index (χ2n) is 7.39. The Balaban J connectivity index is 1.59. The molecule has 1 aromatic heterocycles. The fourth-order valence-electron chi connectivity index (χ4n) is 3.49. The number of aryl methyl sites for hydroxylation is 1. The number of amides is 1. The van der Waals surface area contributed by atoms with E-state index in [9.17, 15) is 4.79 Å². The number of thiophene rings is 1. The number of fused-ring (bicyclic) bond motifs is 1. The molecule has 0 saturated heterocycles. The van der Waals surface area contributed by atoms with Crippen molar-refractivity contribution in [3.63, 3.8) is 0 Å². The molecule has 29 heavy (non-hydrogen) atoms. The van der Waals surface area contributed by atoms with Crippen molar-refractivity contribution in [2.45, 2.75) is 52.4 Å². The number of nitrogens with one attached hydrogen (secondary N) is 1. The lowest BCUT2D eigenvalue weighted by atomic mass is 9.87. The van der Waals surface area contributed by atoms with Gasteiger partial charge < -0.3 is 9.47 Å². The minimum absolute atomic E-state index is 0.153. The first-order valence-electron chi connectivity index (χ1n) is 10.4. The molecule has 0 radical (unpaired) electrons. The summed E-state index contributed by atoms with van der Waals surface area (Å²) in [6.45, 7) is 5.03. The molecule has 1 aliphatic carbocycles. The number of rotatable bonds is 9. The van der Waals surface area contributed by atoms with Gasteiger partial charge in [0, 0.05) is 4.88 Å². The number of ether oxygens (including phenoxy) is 2. The van der Waals surface area contributed by atoms with Crippen LogP contribution in [0.1, 0.15) is 65.2 Å². The van der Waals surface area contributed by atoms with Crippen molar-refractivity contribution in [3.05, 3.63) is 45.1 Å². The van der Waals surface area contributed by atoms with Crippen molar-refractivity contribution in [2.75, 3.05) is 13.7 Å². The van der Waals surface area contributed by atoms with E-state index in [0.29, 0.717) is 12.4 Å². The number of nitrogens with zero attached hydrogens (tertiary/aromatic N) is 1. The predicted octanol–water partition coefficient (Wildman–Crippen LogP) is 5.21. The monoisotopic (exact) mass is 414 g/mol. The van der Waals surface area contributed by atoms with Gasteiger partial charge in [-0.2, -0.15) is 5.10 Å². The zero-order valence-electron chi connectivity index (χ0n) is 17.5. The van der Waals surface area contributed by atoms with E-state index in [1.54, 1.807) is 24.7 Å². The molecule has 3 rings (SSSR count). The summed E-state index contributed by atoms with van der Waals surface area (Å²) in [7, 11) is 1.62. The van der Waals surface area contributed by atoms with Gasteiger partial charge in [-0.3, -0.25) is 4.79 Å². The Labute approximate surface area is 177 Å². The Bertz CT molecular complexity index is 860. The van der Waals surface area contributed by atoms with Crippen LogP contribution in [-0.2, 0) is 12.8 Å². The Morgan fingerprint density at radius 2 is 2.17 bits per heavy atom. The van der Waals surface area contributed by atoms with Crippen LogP contribution in [0.15, 0.2) is 29.4 Å². The van der Waals surface area contributed by atoms with Crippen LogP contribution in [0.4, 0.5) is 0 Å². The molecule has 5 nitrogen and oxygen atoms in total. The third-order valence-electron chi connectivity index (χ3n) is 5.31. The fraction of sp³-hybridized carbons (Fsp3) is 0.478. The van der Waals surface area contributed by atoms with Gasteiger partial charge in [-0.15, -0.1) is 11.3 Å². The second-order valence-corrected chi connectivity index (χ2v) is 8.52. The Kier molecular flexibility index (Phi) is 7.69. The van der Waals surface area contributed by atoms with Gasteiger partial charge in [0.25, 0.3) is 5.91 Å². The van der Waals surface area contributed by atoms with E-state index in [-0.39, 0.29) is 5.91 Å². The predicted molar refractivity (Wildman–Crippen MR) is 119 cm³/mol. The summed E-state index contributed by atoms with van der Waals surface area (Å²) in [4.78, 5) is 14.6. The minimum atomic E-state index is -0.153. The zero-order chi connectivity index (χ0) is 20.6. The van der Waals surface area contributed by atoms with Crippen LogP contribution >= 0.6 is 11.3 Å². The average Bonchev–Trinajstić information content (AvgIpc) is 3.18. The van der Waals surface area contributed by atoms with Crippen LogP contribution in [0.2, 0.25) is 0 Å². The maximum atomic E-state index is 12.5. The van der Waals surface area contributed by atoms with Crippen LogP contribution < -0.4 is 14.9 Å². The van der Waals surface area contributed by atoms with Gasteiger partial charge >= 0.3 is 0 Å². The van der Waals surface area contributed by atoms with Crippen LogP contribution in [-0.4, -0.2) is 25.8 Å². The van der Waals surface area contributed by atoms with Crippen molar-refractivity contribution in [1.29, 1.82) is 0 Å². The number of hydrogen-bond donors (Lipinski definition) is 1. The summed E-state index contributed by atoms with van der Waals surface area (Å²) in [5, 5.41) is 4.12. The first kappa shape index (κ1) is 21.4. The maximum absolute atomic E-state index is 12.5. The molecule has 1 aliphatic rings. The summed E-state index contributed by atoms with van der Waals surface area (Å²) in [5.41, 5.74) is 4.82. The van der Waals surface area contributed by atoms with Crippen LogP contribution in [0.25, 0.3) is 0 Å². The number of benzene rings is 1. The lowest BCUT2D eigenvalue weighted by molar-refractivity contribution is 0.0959. The van der Waals surface area contributed by atoms with E-state index in [0.717, 1.165) is 47.8 Å². The molecule has 0 spiro atoms. The third kappa shape index (κ3) is 5.60. The van der Waals surface area contributed by atoms with E-state index in [4.69, 9.17) is 9.47 Å². The molecule has 1 amide bonds. The molecular formula is C23H30N2O3S. The van der Waals surface area contributed by atoms with Crippen LogP contribution in [0.5, 0.6) is 11.5 Å². The Morgan fingerprint density at radius 3 is 2.93 bits per heavy atom. The number of unbranched alkanes of at least 4 members (excludes halogenated alkanes) is 1. The average molecular weight is 415 g/mol. The molecule has 1 heterocycles. The van der Waals surface area contributed by atoms with Crippen LogP contribution in [0.3, 0.4) is 0 Å². The second kappa shape index (κ2) is 10.4. The van der Waals surface area contributed by atoms with Crippen molar-refractivity contribution < 1.29 is 14.3 Å². The van der Waals surface area contributed by atoms with Gasteiger partial charge in [-0.05, 0) is 67.0 Å². The number of hydrazone groups is 1. The lowest BCUT2D eigenvalue weighted by Gasteiger charge is -2.19. The summed E-state index contributed by atoms with van der Waals surface area (Å²) in [5.74, 6) is 1.97. The highest BCUT2D eigenvalue weighted by Gasteiger charge is 2.21. The van der Waals surface area contributed by atoms with Crippen LogP contribution in [0, 0.1) is 5.92 Å².